The van der Waals surface area contributed by atoms with Gasteiger partial charge in [0.2, 0.25) is 0 Å². The van der Waals surface area contributed by atoms with Gasteiger partial charge in [-0.2, -0.15) is 0 Å². The van der Waals surface area contributed by atoms with Crippen molar-refractivity contribution in [3.05, 3.63) is 35.5 Å². The zero-order chi connectivity index (χ0) is 14.5. The summed E-state index contributed by atoms with van der Waals surface area (Å²) in [5.74, 6) is 0. The smallest absolute Gasteiger partial charge is 0.0737 e. The Kier molecular flexibility index (Phi) is 5.21. The molecule has 2 rings (SSSR count). The highest BCUT2D eigenvalue weighted by Gasteiger charge is 2.17. The second-order valence-electron chi connectivity index (χ2n) is 4.94. The first-order chi connectivity index (χ1) is 9.71. The maximum atomic E-state index is 6.06. The van der Waals surface area contributed by atoms with Gasteiger partial charge in [0.1, 0.15) is 0 Å². The largest absolute Gasteiger partial charge is 0.367 e. The van der Waals surface area contributed by atoms with E-state index in [2.05, 4.69) is 29.8 Å². The van der Waals surface area contributed by atoms with E-state index >= 15 is 0 Å². The SMILES string of the molecule is CCC(CC)N(CCN)c1ccnc2cc(Cl)ccc12. The average molecular weight is 292 g/mol. The number of pyridine rings is 1. The van der Waals surface area contributed by atoms with Crippen LogP contribution in [0, 0.1) is 0 Å². The maximum absolute atomic E-state index is 6.06. The van der Waals surface area contributed by atoms with Gasteiger partial charge in [0.25, 0.3) is 0 Å². The molecule has 0 saturated carbocycles. The molecular weight excluding hydrogens is 270 g/mol. The van der Waals surface area contributed by atoms with Crippen molar-refractivity contribution in [2.75, 3.05) is 18.0 Å². The molecule has 2 N–H and O–H groups in total. The van der Waals surface area contributed by atoms with Gasteiger partial charge < -0.3 is 10.6 Å². The number of benzene rings is 1. The molecule has 3 nitrogen and oxygen atoms in total. The van der Waals surface area contributed by atoms with E-state index in [4.69, 9.17) is 17.3 Å². The predicted molar refractivity (Wildman–Crippen MR) is 87.5 cm³/mol. The van der Waals surface area contributed by atoms with Gasteiger partial charge in [-0.3, -0.25) is 4.98 Å². The Morgan fingerprint density at radius 2 is 2.00 bits per heavy atom. The van der Waals surface area contributed by atoms with Crippen molar-refractivity contribution in [3.63, 3.8) is 0 Å². The zero-order valence-corrected chi connectivity index (χ0v) is 12.9. The number of halogens is 1. The highest BCUT2D eigenvalue weighted by molar-refractivity contribution is 6.31. The van der Waals surface area contributed by atoms with Gasteiger partial charge in [0.05, 0.1) is 5.52 Å². The molecule has 0 unspecified atom stereocenters. The van der Waals surface area contributed by atoms with E-state index in [0.717, 1.165) is 35.3 Å². The molecule has 1 aromatic carbocycles. The Bertz CT molecular complexity index is 567. The Morgan fingerprint density at radius 3 is 2.65 bits per heavy atom. The fraction of sp³-hybridized carbons (Fsp3) is 0.438. The molecule has 2 aromatic rings. The molecule has 0 fully saturated rings. The fourth-order valence-corrected chi connectivity index (χ4v) is 2.89. The first kappa shape index (κ1) is 15.1. The highest BCUT2D eigenvalue weighted by Crippen LogP contribution is 2.29. The molecule has 0 amide bonds. The molecule has 0 aliphatic heterocycles. The first-order valence-electron chi connectivity index (χ1n) is 7.22. The molecule has 0 aliphatic rings. The summed E-state index contributed by atoms with van der Waals surface area (Å²) in [5, 5.41) is 1.85. The van der Waals surface area contributed by atoms with Crippen LogP contribution in [-0.4, -0.2) is 24.1 Å². The summed E-state index contributed by atoms with van der Waals surface area (Å²) >= 11 is 6.06. The third kappa shape index (κ3) is 3.05. The zero-order valence-electron chi connectivity index (χ0n) is 12.1. The Morgan fingerprint density at radius 1 is 1.25 bits per heavy atom. The lowest BCUT2D eigenvalue weighted by Gasteiger charge is -2.33. The summed E-state index contributed by atoms with van der Waals surface area (Å²) in [5.41, 5.74) is 7.94. The van der Waals surface area contributed by atoms with Crippen LogP contribution in [0.3, 0.4) is 0 Å². The summed E-state index contributed by atoms with van der Waals surface area (Å²) in [4.78, 5) is 6.81. The fourth-order valence-electron chi connectivity index (χ4n) is 2.72. The number of nitrogens with zero attached hydrogens (tertiary/aromatic N) is 2. The van der Waals surface area contributed by atoms with Crippen molar-refractivity contribution >= 4 is 28.2 Å². The third-order valence-corrected chi connectivity index (χ3v) is 3.98. The number of nitrogens with two attached hydrogens (primary N) is 1. The van der Waals surface area contributed by atoms with Crippen LogP contribution in [0.2, 0.25) is 5.02 Å². The molecule has 0 spiro atoms. The van der Waals surface area contributed by atoms with Crippen LogP contribution in [0.5, 0.6) is 0 Å². The van der Waals surface area contributed by atoms with Gasteiger partial charge in [-0.05, 0) is 37.1 Å². The van der Waals surface area contributed by atoms with E-state index in [1.807, 2.05) is 24.4 Å². The summed E-state index contributed by atoms with van der Waals surface area (Å²) in [6.45, 7) is 5.94. The van der Waals surface area contributed by atoms with E-state index in [9.17, 15) is 0 Å². The second kappa shape index (κ2) is 6.91. The second-order valence-corrected chi connectivity index (χ2v) is 5.38. The van der Waals surface area contributed by atoms with Crippen LogP contribution < -0.4 is 10.6 Å². The highest BCUT2D eigenvalue weighted by atomic mass is 35.5. The van der Waals surface area contributed by atoms with Crippen LogP contribution in [0.1, 0.15) is 26.7 Å². The van der Waals surface area contributed by atoms with Crippen molar-refractivity contribution in [1.82, 2.24) is 4.98 Å². The number of aromatic nitrogens is 1. The molecule has 4 heteroatoms. The van der Waals surface area contributed by atoms with Crippen molar-refractivity contribution < 1.29 is 0 Å². The lowest BCUT2D eigenvalue weighted by atomic mass is 10.1. The van der Waals surface area contributed by atoms with Crippen molar-refractivity contribution in [3.8, 4) is 0 Å². The molecule has 1 aromatic heterocycles. The van der Waals surface area contributed by atoms with Gasteiger partial charge in [0.15, 0.2) is 0 Å². The Labute approximate surface area is 125 Å². The average Bonchev–Trinajstić information content (AvgIpc) is 2.46. The van der Waals surface area contributed by atoms with E-state index < -0.39 is 0 Å². The number of fused-ring (bicyclic) bond motifs is 1. The van der Waals surface area contributed by atoms with Crippen LogP contribution in [0.25, 0.3) is 10.9 Å². The molecule has 0 atom stereocenters. The van der Waals surface area contributed by atoms with Crippen molar-refractivity contribution in [2.45, 2.75) is 32.7 Å². The Hall–Kier alpha value is -1.32. The minimum atomic E-state index is 0.500. The number of anilines is 1. The minimum Gasteiger partial charge on any atom is -0.367 e. The van der Waals surface area contributed by atoms with E-state index in [1.165, 1.54) is 5.69 Å². The van der Waals surface area contributed by atoms with Crippen LogP contribution in [-0.2, 0) is 0 Å². The van der Waals surface area contributed by atoms with Gasteiger partial charge in [-0.1, -0.05) is 25.4 Å². The molecule has 0 saturated heterocycles. The molecule has 0 radical (unpaired) electrons. The number of hydrogen-bond donors (Lipinski definition) is 1. The van der Waals surface area contributed by atoms with Gasteiger partial charge >= 0.3 is 0 Å². The van der Waals surface area contributed by atoms with Gasteiger partial charge in [-0.25, -0.2) is 0 Å². The van der Waals surface area contributed by atoms with Gasteiger partial charge in [0, 0.05) is 41.4 Å². The third-order valence-electron chi connectivity index (χ3n) is 3.74. The minimum absolute atomic E-state index is 0.500. The normalized spacial score (nSPS) is 11.2. The number of rotatable bonds is 6. The van der Waals surface area contributed by atoms with Crippen LogP contribution in [0.4, 0.5) is 5.69 Å². The summed E-state index contributed by atoms with van der Waals surface area (Å²) in [7, 11) is 0. The van der Waals surface area contributed by atoms with E-state index in [0.29, 0.717) is 12.6 Å². The van der Waals surface area contributed by atoms with Crippen LogP contribution >= 0.6 is 11.6 Å². The summed E-state index contributed by atoms with van der Waals surface area (Å²) in [6.07, 6.45) is 4.06. The maximum Gasteiger partial charge on any atom is 0.0737 e. The summed E-state index contributed by atoms with van der Waals surface area (Å²) < 4.78 is 0. The Balaban J connectivity index is 2.52. The molecular formula is C16H22ClN3. The lowest BCUT2D eigenvalue weighted by molar-refractivity contribution is 0.560. The van der Waals surface area contributed by atoms with Crippen LogP contribution in [0.15, 0.2) is 30.5 Å². The monoisotopic (exact) mass is 291 g/mol. The van der Waals surface area contributed by atoms with Crippen molar-refractivity contribution in [2.24, 2.45) is 5.73 Å². The first-order valence-corrected chi connectivity index (χ1v) is 7.60. The van der Waals surface area contributed by atoms with Crippen molar-refractivity contribution in [1.29, 1.82) is 0 Å². The topological polar surface area (TPSA) is 42.1 Å². The molecule has 108 valence electrons. The standard InChI is InChI=1S/C16H22ClN3/c1-3-13(4-2)20(10-8-18)16-7-9-19-15-11-12(17)5-6-14(15)16/h5-7,9,11,13H,3-4,8,10,18H2,1-2H3. The number of hydrogen-bond acceptors (Lipinski definition) is 3. The molecule has 0 bridgehead atoms. The quantitative estimate of drug-likeness (QED) is 0.879. The lowest BCUT2D eigenvalue weighted by Crippen LogP contribution is -2.38. The van der Waals surface area contributed by atoms with Gasteiger partial charge in [-0.15, -0.1) is 0 Å². The summed E-state index contributed by atoms with van der Waals surface area (Å²) in [6, 6.07) is 8.45. The predicted octanol–water partition coefficient (Wildman–Crippen LogP) is 3.84. The molecule has 0 aliphatic carbocycles. The van der Waals surface area contributed by atoms with E-state index in [-0.39, 0.29) is 0 Å². The molecule has 1 heterocycles. The molecule has 20 heavy (non-hydrogen) atoms. The van der Waals surface area contributed by atoms with E-state index in [1.54, 1.807) is 0 Å².